The minimum atomic E-state index is -0.618. The van der Waals surface area contributed by atoms with E-state index in [1.165, 1.54) is 19.3 Å². The van der Waals surface area contributed by atoms with Crippen LogP contribution < -0.4 is 9.64 Å². The standard InChI is InChI=1S/C21H24FN3O3S/c22-11-15(13-26)14-27-16-4-6-18-19(10-16)28-20(24-18)7-5-17-12-23-21(29-17)25-8-2-1-3-9-25/h4-7,10,12,15,26H,1-3,8-9,11,13-14H2. The largest absolute Gasteiger partial charge is 0.493 e. The number of alkyl halides is 1. The highest BCUT2D eigenvalue weighted by atomic mass is 32.1. The number of fused-ring (bicyclic) bond motifs is 1. The van der Waals surface area contributed by atoms with Crippen molar-refractivity contribution in [1.82, 2.24) is 9.97 Å². The molecule has 1 fully saturated rings. The lowest BCUT2D eigenvalue weighted by Crippen LogP contribution is -2.29. The van der Waals surface area contributed by atoms with Gasteiger partial charge in [0.25, 0.3) is 0 Å². The Hall–Kier alpha value is -2.45. The summed E-state index contributed by atoms with van der Waals surface area (Å²) >= 11 is 1.67. The highest BCUT2D eigenvalue weighted by Crippen LogP contribution is 2.27. The molecular formula is C21H24FN3O3S. The number of ether oxygens (including phenoxy) is 1. The van der Waals surface area contributed by atoms with Crippen LogP contribution in [0.1, 0.15) is 30.0 Å². The van der Waals surface area contributed by atoms with Gasteiger partial charge in [-0.3, -0.25) is 4.39 Å². The molecule has 1 N–H and O–H groups in total. The summed E-state index contributed by atoms with van der Waals surface area (Å²) in [5.74, 6) is 0.542. The number of hydrogen-bond donors (Lipinski definition) is 1. The first-order valence-electron chi connectivity index (χ1n) is 9.84. The maximum absolute atomic E-state index is 12.7. The summed E-state index contributed by atoms with van der Waals surface area (Å²) in [4.78, 5) is 12.4. The van der Waals surface area contributed by atoms with Gasteiger partial charge in [0.15, 0.2) is 10.7 Å². The van der Waals surface area contributed by atoms with E-state index in [-0.39, 0.29) is 13.2 Å². The van der Waals surface area contributed by atoms with Crippen LogP contribution in [0.5, 0.6) is 5.75 Å². The molecule has 8 heteroatoms. The summed E-state index contributed by atoms with van der Waals surface area (Å²) in [5, 5.41) is 10.1. The fraction of sp³-hybridized carbons (Fsp3) is 0.429. The topological polar surface area (TPSA) is 71.6 Å². The molecule has 0 spiro atoms. The molecule has 0 saturated carbocycles. The van der Waals surface area contributed by atoms with Crippen molar-refractivity contribution in [2.75, 3.05) is 37.9 Å². The third kappa shape index (κ3) is 4.94. The molecule has 0 bridgehead atoms. The first-order valence-corrected chi connectivity index (χ1v) is 10.7. The van der Waals surface area contributed by atoms with E-state index in [4.69, 9.17) is 14.3 Å². The SMILES string of the molecule is OCC(CF)COc1ccc2nc(C=Cc3cnc(N4CCCCC4)s3)oc2c1. The summed E-state index contributed by atoms with van der Waals surface area (Å²) < 4.78 is 24.0. The van der Waals surface area contributed by atoms with E-state index in [1.807, 2.05) is 18.3 Å². The summed E-state index contributed by atoms with van der Waals surface area (Å²) in [6, 6.07) is 5.29. The maximum atomic E-state index is 12.7. The van der Waals surface area contributed by atoms with Crippen molar-refractivity contribution >= 4 is 39.7 Å². The van der Waals surface area contributed by atoms with Gasteiger partial charge >= 0.3 is 0 Å². The van der Waals surface area contributed by atoms with Gasteiger partial charge < -0.3 is 19.2 Å². The van der Waals surface area contributed by atoms with E-state index >= 15 is 0 Å². The molecule has 29 heavy (non-hydrogen) atoms. The van der Waals surface area contributed by atoms with Crippen molar-refractivity contribution in [3.05, 3.63) is 35.2 Å². The molecule has 1 unspecified atom stereocenters. The lowest BCUT2D eigenvalue weighted by Gasteiger charge is -2.25. The predicted octanol–water partition coefficient (Wildman–Crippen LogP) is 4.40. The van der Waals surface area contributed by atoms with Crippen molar-refractivity contribution in [3.63, 3.8) is 0 Å². The monoisotopic (exact) mass is 417 g/mol. The van der Waals surface area contributed by atoms with Crippen LogP contribution in [-0.4, -0.2) is 48.1 Å². The average molecular weight is 418 g/mol. The molecule has 154 valence electrons. The molecule has 0 aliphatic carbocycles. The molecule has 3 aromatic rings. The minimum Gasteiger partial charge on any atom is -0.493 e. The quantitative estimate of drug-likeness (QED) is 0.586. The second-order valence-electron chi connectivity index (χ2n) is 7.12. The van der Waals surface area contributed by atoms with Crippen molar-refractivity contribution in [3.8, 4) is 5.75 Å². The van der Waals surface area contributed by atoms with Gasteiger partial charge in [0.1, 0.15) is 11.3 Å². The zero-order valence-corrected chi connectivity index (χ0v) is 16.9. The van der Waals surface area contributed by atoms with E-state index in [1.54, 1.807) is 29.5 Å². The molecule has 1 saturated heterocycles. The number of aliphatic hydroxyl groups is 1. The molecule has 1 aliphatic rings. The van der Waals surface area contributed by atoms with Crippen LogP contribution in [0.4, 0.5) is 9.52 Å². The summed E-state index contributed by atoms with van der Waals surface area (Å²) in [6.07, 6.45) is 9.43. The fourth-order valence-electron chi connectivity index (χ4n) is 3.18. The van der Waals surface area contributed by atoms with Gasteiger partial charge in [0, 0.05) is 42.2 Å². The number of anilines is 1. The highest BCUT2D eigenvalue weighted by Gasteiger charge is 2.14. The van der Waals surface area contributed by atoms with Crippen molar-refractivity contribution in [2.45, 2.75) is 19.3 Å². The highest BCUT2D eigenvalue weighted by molar-refractivity contribution is 7.16. The van der Waals surface area contributed by atoms with Gasteiger partial charge in [-0.15, -0.1) is 0 Å². The zero-order valence-electron chi connectivity index (χ0n) is 16.1. The number of piperidine rings is 1. The number of aliphatic hydroxyl groups excluding tert-OH is 1. The fourth-order valence-corrected chi connectivity index (χ4v) is 4.05. The van der Waals surface area contributed by atoms with E-state index in [2.05, 4.69) is 14.9 Å². The van der Waals surface area contributed by atoms with Gasteiger partial charge in [-0.05, 0) is 37.5 Å². The molecule has 0 radical (unpaired) electrons. The van der Waals surface area contributed by atoms with Crippen LogP contribution in [0.2, 0.25) is 0 Å². The maximum Gasteiger partial charge on any atom is 0.220 e. The van der Waals surface area contributed by atoms with Crippen molar-refractivity contribution in [1.29, 1.82) is 0 Å². The number of aromatic nitrogens is 2. The Morgan fingerprint density at radius 2 is 2.14 bits per heavy atom. The number of halogens is 1. The molecule has 1 aromatic carbocycles. The van der Waals surface area contributed by atoms with Crippen LogP contribution in [0.25, 0.3) is 23.3 Å². The van der Waals surface area contributed by atoms with Crippen LogP contribution in [0, 0.1) is 5.92 Å². The van der Waals surface area contributed by atoms with E-state index < -0.39 is 12.6 Å². The predicted molar refractivity (Wildman–Crippen MR) is 113 cm³/mol. The normalized spacial score (nSPS) is 16.0. The Kier molecular flexibility index (Phi) is 6.41. The zero-order chi connectivity index (χ0) is 20.1. The smallest absolute Gasteiger partial charge is 0.220 e. The number of thiazole rings is 1. The number of hydrogen-bond acceptors (Lipinski definition) is 7. The van der Waals surface area contributed by atoms with E-state index in [0.717, 1.165) is 28.6 Å². The molecule has 0 amide bonds. The molecule has 1 aliphatic heterocycles. The Morgan fingerprint density at radius 3 is 2.93 bits per heavy atom. The van der Waals surface area contributed by atoms with Gasteiger partial charge in [0.2, 0.25) is 5.89 Å². The lowest BCUT2D eigenvalue weighted by atomic mass is 10.1. The van der Waals surface area contributed by atoms with Crippen molar-refractivity contribution < 1.29 is 18.7 Å². The summed E-state index contributed by atoms with van der Waals surface area (Å²) in [6.45, 7) is 1.41. The Bertz CT molecular complexity index is 961. The third-order valence-corrected chi connectivity index (χ3v) is 5.89. The number of oxazole rings is 1. The van der Waals surface area contributed by atoms with Crippen LogP contribution >= 0.6 is 11.3 Å². The first-order chi connectivity index (χ1) is 14.2. The van der Waals surface area contributed by atoms with Gasteiger partial charge in [0.05, 0.1) is 19.9 Å². The second-order valence-corrected chi connectivity index (χ2v) is 8.16. The Morgan fingerprint density at radius 1 is 1.28 bits per heavy atom. The summed E-state index contributed by atoms with van der Waals surface area (Å²) in [7, 11) is 0. The minimum absolute atomic E-state index is 0.115. The van der Waals surface area contributed by atoms with Crippen LogP contribution in [0.15, 0.2) is 28.8 Å². The van der Waals surface area contributed by atoms with Gasteiger partial charge in [-0.25, -0.2) is 9.97 Å². The molecular weight excluding hydrogens is 393 g/mol. The Balaban J connectivity index is 1.42. The van der Waals surface area contributed by atoms with Gasteiger partial charge in [-0.1, -0.05) is 11.3 Å². The third-order valence-electron chi connectivity index (χ3n) is 4.87. The molecule has 3 heterocycles. The molecule has 2 aromatic heterocycles. The number of benzene rings is 1. The average Bonchev–Trinajstić information content (AvgIpc) is 3.40. The van der Waals surface area contributed by atoms with Gasteiger partial charge in [-0.2, -0.15) is 0 Å². The molecule has 4 rings (SSSR count). The van der Waals surface area contributed by atoms with E-state index in [9.17, 15) is 4.39 Å². The molecule has 6 nitrogen and oxygen atoms in total. The number of nitrogens with zero attached hydrogens (tertiary/aromatic N) is 3. The first kappa shape index (κ1) is 19.8. The number of rotatable bonds is 8. The van der Waals surface area contributed by atoms with Crippen LogP contribution in [0.3, 0.4) is 0 Å². The second kappa shape index (κ2) is 9.37. The molecule has 1 atom stereocenters. The lowest BCUT2D eigenvalue weighted by molar-refractivity contribution is 0.140. The van der Waals surface area contributed by atoms with Crippen LogP contribution in [-0.2, 0) is 0 Å². The Labute approximate surface area is 172 Å². The van der Waals surface area contributed by atoms with Crippen molar-refractivity contribution in [2.24, 2.45) is 5.92 Å². The summed E-state index contributed by atoms with van der Waals surface area (Å²) in [5.41, 5.74) is 1.32. The van der Waals surface area contributed by atoms with E-state index in [0.29, 0.717) is 17.2 Å².